The van der Waals surface area contributed by atoms with Gasteiger partial charge in [0.1, 0.15) is 0 Å². The zero-order valence-electron chi connectivity index (χ0n) is 31.9. The standard InChI is InChI=1S/C49H47N3Si2/c1-53(2)40-26-16-15-25-38(40)44-42(53)31-30-35(32-18-8-5-9-19-32)45(44)49-51-47(34-22-12-7-13-23-34)50-48(52-49)39-29-28-36(33-20-10-6-11-21-33)46-43(39)37-24-14-17-27-41(37)54(46,3)4/h5-8,10,12-18,20,22-23,25-27,30-31,37H,9,11,19,21,24,28-29H2,1-4H3/q-2. The summed E-state index contributed by atoms with van der Waals surface area (Å²) in [6.07, 6.45) is 28.3. The molecular formula is C49H47N3Si2-2. The molecule has 0 radical (unpaired) electrons. The minimum atomic E-state index is -1.96. The summed E-state index contributed by atoms with van der Waals surface area (Å²) in [5, 5.41) is 6.31. The van der Waals surface area contributed by atoms with Crippen LogP contribution < -0.4 is 10.4 Å². The molecule has 10 rings (SSSR count). The van der Waals surface area contributed by atoms with Crippen LogP contribution >= 0.6 is 0 Å². The van der Waals surface area contributed by atoms with E-state index in [1.54, 1.807) is 21.5 Å². The van der Waals surface area contributed by atoms with Gasteiger partial charge in [-0.1, -0.05) is 154 Å². The molecule has 2 aliphatic heterocycles. The highest BCUT2D eigenvalue weighted by Crippen LogP contribution is 2.57. The summed E-state index contributed by atoms with van der Waals surface area (Å²) in [5.74, 6) is 2.83. The van der Waals surface area contributed by atoms with E-state index in [2.05, 4.69) is 148 Å². The molecule has 0 saturated carbocycles. The lowest BCUT2D eigenvalue weighted by Gasteiger charge is -2.39. The summed E-state index contributed by atoms with van der Waals surface area (Å²) >= 11 is 0. The Labute approximate surface area is 322 Å². The minimum Gasteiger partial charge on any atom is -0.209 e. The van der Waals surface area contributed by atoms with Gasteiger partial charge in [0.25, 0.3) is 0 Å². The number of allylic oxidation sites excluding steroid dienone is 16. The van der Waals surface area contributed by atoms with E-state index in [1.165, 1.54) is 49.3 Å². The summed E-state index contributed by atoms with van der Waals surface area (Å²) in [6.45, 7) is 10.2. The van der Waals surface area contributed by atoms with Crippen LogP contribution in [0.2, 0.25) is 26.2 Å². The van der Waals surface area contributed by atoms with E-state index in [-0.39, 0.29) is 0 Å². The fraction of sp³-hybridized carbons (Fsp3) is 0.245. The second-order valence-electron chi connectivity index (χ2n) is 16.8. The lowest BCUT2D eigenvalue weighted by atomic mass is 9.79. The second kappa shape index (κ2) is 12.8. The molecule has 0 N–H and O–H groups in total. The van der Waals surface area contributed by atoms with Gasteiger partial charge in [0.2, 0.25) is 0 Å². The SMILES string of the molecule is C[Si-]1(C)C2=CC=CCC2C2=C(c3nc(-c4ccccc4)nc(-c4c(C5=CC=CCC5)ccc5c4-c4ccccc4[Si-]5(C)C)n3)CCC(C3=CC=CCC3)=C21. The first kappa shape index (κ1) is 33.6. The van der Waals surface area contributed by atoms with Gasteiger partial charge in [0, 0.05) is 11.1 Å². The molecule has 268 valence electrons. The molecule has 1 aromatic heterocycles. The van der Waals surface area contributed by atoms with E-state index in [1.807, 2.05) is 0 Å². The van der Waals surface area contributed by atoms with Crippen LogP contribution in [-0.2, 0) is 0 Å². The highest BCUT2D eigenvalue weighted by atomic mass is 28.3. The minimum absolute atomic E-state index is 0.395. The Balaban J connectivity index is 1.28. The van der Waals surface area contributed by atoms with Gasteiger partial charge >= 0.3 is 0 Å². The first-order valence-corrected chi connectivity index (χ1v) is 26.0. The van der Waals surface area contributed by atoms with Crippen molar-refractivity contribution in [1.29, 1.82) is 0 Å². The van der Waals surface area contributed by atoms with Gasteiger partial charge in [-0.25, -0.2) is 15.0 Å². The first-order chi connectivity index (χ1) is 26.3. The molecule has 1 atom stereocenters. The van der Waals surface area contributed by atoms with Crippen molar-refractivity contribution in [1.82, 2.24) is 15.0 Å². The molecule has 1 fully saturated rings. The number of fused-ring (bicyclic) bond motifs is 6. The molecule has 0 bridgehead atoms. The van der Waals surface area contributed by atoms with Gasteiger partial charge in [-0.3, -0.25) is 0 Å². The average Bonchev–Trinajstić information content (AvgIpc) is 3.61. The number of benzene rings is 3. The fourth-order valence-corrected chi connectivity index (χ4v) is 17.5. The molecule has 6 aliphatic rings. The van der Waals surface area contributed by atoms with Crippen LogP contribution in [0, 0.1) is 5.92 Å². The zero-order valence-corrected chi connectivity index (χ0v) is 33.9. The van der Waals surface area contributed by atoms with E-state index in [0.717, 1.165) is 68.0 Å². The van der Waals surface area contributed by atoms with Gasteiger partial charge in [0.05, 0.1) is 0 Å². The number of nitrogens with zero attached hydrogens (tertiary/aromatic N) is 3. The number of hydrogen-bond acceptors (Lipinski definition) is 3. The molecule has 4 aliphatic carbocycles. The topological polar surface area (TPSA) is 38.7 Å². The van der Waals surface area contributed by atoms with Gasteiger partial charge in [-0.2, -0.15) is 47.0 Å². The molecule has 1 saturated heterocycles. The van der Waals surface area contributed by atoms with Gasteiger partial charge in [0.15, 0.2) is 17.5 Å². The monoisotopic (exact) mass is 733 g/mol. The molecule has 0 amide bonds. The Hall–Kier alpha value is -4.98. The summed E-state index contributed by atoms with van der Waals surface area (Å²) in [4.78, 5) is 16.7. The number of rotatable bonds is 5. The van der Waals surface area contributed by atoms with Gasteiger partial charge < -0.3 is 0 Å². The van der Waals surface area contributed by atoms with Crippen LogP contribution in [0.1, 0.15) is 56.3 Å². The maximum Gasteiger partial charge on any atom is 0.165 e. The predicted octanol–water partition coefficient (Wildman–Crippen LogP) is 11.2. The molecular weight excluding hydrogens is 687 g/mol. The van der Waals surface area contributed by atoms with Crippen molar-refractivity contribution < 1.29 is 0 Å². The predicted molar refractivity (Wildman–Crippen MR) is 232 cm³/mol. The van der Waals surface area contributed by atoms with Crippen LogP contribution in [0.4, 0.5) is 0 Å². The highest BCUT2D eigenvalue weighted by molar-refractivity contribution is 7.04. The largest absolute Gasteiger partial charge is 0.209 e. The van der Waals surface area contributed by atoms with Crippen molar-refractivity contribution in [2.75, 3.05) is 0 Å². The molecule has 4 aromatic rings. The highest BCUT2D eigenvalue weighted by Gasteiger charge is 2.42. The van der Waals surface area contributed by atoms with Crippen molar-refractivity contribution >= 4 is 37.7 Å². The zero-order chi connectivity index (χ0) is 36.6. The lowest BCUT2D eigenvalue weighted by Crippen LogP contribution is -2.49. The van der Waals surface area contributed by atoms with Crippen LogP contribution in [0.5, 0.6) is 0 Å². The first-order valence-electron chi connectivity index (χ1n) is 20.0. The summed E-state index contributed by atoms with van der Waals surface area (Å²) in [6, 6.07) is 24.6. The number of aromatic nitrogens is 3. The Morgan fingerprint density at radius 3 is 2.00 bits per heavy atom. The third-order valence-corrected chi connectivity index (χ3v) is 20.4. The summed E-state index contributed by atoms with van der Waals surface area (Å²) in [7, 11) is -3.91. The molecule has 0 spiro atoms. The van der Waals surface area contributed by atoms with Crippen LogP contribution in [0.3, 0.4) is 0 Å². The van der Waals surface area contributed by atoms with E-state index in [9.17, 15) is 0 Å². The average molecular weight is 734 g/mol. The van der Waals surface area contributed by atoms with Crippen molar-refractivity contribution in [2.45, 2.75) is 71.1 Å². The van der Waals surface area contributed by atoms with E-state index < -0.39 is 16.1 Å². The third kappa shape index (κ3) is 5.15. The maximum atomic E-state index is 5.71. The Morgan fingerprint density at radius 2 is 1.22 bits per heavy atom. The molecule has 3 aromatic carbocycles. The Bertz CT molecular complexity index is 2520. The third-order valence-electron chi connectivity index (χ3n) is 13.0. The fourth-order valence-electron chi connectivity index (χ4n) is 10.5. The molecule has 54 heavy (non-hydrogen) atoms. The van der Waals surface area contributed by atoms with Crippen LogP contribution in [0.15, 0.2) is 149 Å². The molecule has 5 heteroatoms. The molecule has 1 unspecified atom stereocenters. The quantitative estimate of drug-likeness (QED) is 0.192. The van der Waals surface area contributed by atoms with E-state index in [4.69, 9.17) is 15.0 Å². The summed E-state index contributed by atoms with van der Waals surface area (Å²) < 4.78 is 0. The second-order valence-corrected chi connectivity index (χ2v) is 25.4. The Morgan fingerprint density at radius 1 is 0.537 bits per heavy atom. The van der Waals surface area contributed by atoms with Gasteiger partial charge in [-0.15, -0.1) is 0 Å². The number of hydrogen-bond donors (Lipinski definition) is 0. The van der Waals surface area contributed by atoms with Crippen molar-refractivity contribution in [3.63, 3.8) is 0 Å². The normalized spacial score (nSPS) is 21.6. The summed E-state index contributed by atoms with van der Waals surface area (Å²) in [5.41, 5.74) is 13.6. The molecule has 3 heterocycles. The lowest BCUT2D eigenvalue weighted by molar-refractivity contribution is 0.761. The van der Waals surface area contributed by atoms with Crippen LogP contribution in [0.25, 0.3) is 45.0 Å². The molecule has 3 nitrogen and oxygen atoms in total. The van der Waals surface area contributed by atoms with Crippen molar-refractivity contribution in [2.24, 2.45) is 5.92 Å². The maximum absolute atomic E-state index is 5.71. The van der Waals surface area contributed by atoms with E-state index in [0.29, 0.717) is 5.92 Å². The van der Waals surface area contributed by atoms with E-state index >= 15 is 0 Å². The Kier molecular flexibility index (Phi) is 7.97. The van der Waals surface area contributed by atoms with Crippen molar-refractivity contribution in [3.05, 3.63) is 160 Å². The van der Waals surface area contributed by atoms with Crippen molar-refractivity contribution in [3.8, 4) is 33.9 Å². The van der Waals surface area contributed by atoms with Gasteiger partial charge in [-0.05, 0) is 78.7 Å². The van der Waals surface area contributed by atoms with Crippen LogP contribution in [-0.4, -0.2) is 31.1 Å². The smallest absolute Gasteiger partial charge is 0.165 e.